The van der Waals surface area contributed by atoms with Crippen LogP contribution >= 0.6 is 0 Å². The standard InChI is InChI=1S/C12H20N2O3/c1-7(10(2,3)9(16)17)8(15)11(4,5)12(6)13-14-12/h7H,1-6H3,(H,16,17). The lowest BCUT2D eigenvalue weighted by Crippen LogP contribution is -2.47. The van der Waals surface area contributed by atoms with Crippen molar-refractivity contribution in [3.8, 4) is 0 Å². The van der Waals surface area contributed by atoms with E-state index in [9.17, 15) is 9.59 Å². The number of Topliss-reactive ketones (excluding diaryl/α,β-unsaturated/α-hetero) is 1. The molecular formula is C12H20N2O3. The van der Waals surface area contributed by atoms with Crippen molar-refractivity contribution in [3.63, 3.8) is 0 Å². The third kappa shape index (κ3) is 1.98. The van der Waals surface area contributed by atoms with Crippen LogP contribution < -0.4 is 0 Å². The Labute approximate surface area is 101 Å². The topological polar surface area (TPSA) is 79.1 Å². The van der Waals surface area contributed by atoms with Crippen molar-refractivity contribution in [3.05, 3.63) is 0 Å². The molecular weight excluding hydrogens is 220 g/mol. The van der Waals surface area contributed by atoms with Gasteiger partial charge >= 0.3 is 5.97 Å². The number of hydrogen-bond donors (Lipinski definition) is 1. The smallest absolute Gasteiger partial charge is 0.309 e. The van der Waals surface area contributed by atoms with Crippen molar-refractivity contribution in [2.24, 2.45) is 27.0 Å². The van der Waals surface area contributed by atoms with Gasteiger partial charge in [0.05, 0.1) is 10.8 Å². The highest BCUT2D eigenvalue weighted by atomic mass is 16.4. The molecule has 1 heterocycles. The van der Waals surface area contributed by atoms with Crippen molar-refractivity contribution >= 4 is 11.8 Å². The number of carboxylic acid groups (broad SMARTS) is 1. The van der Waals surface area contributed by atoms with Crippen LogP contribution in [0.25, 0.3) is 0 Å². The first kappa shape index (κ1) is 13.8. The summed E-state index contributed by atoms with van der Waals surface area (Å²) < 4.78 is 0. The molecule has 1 aliphatic rings. The SMILES string of the molecule is CC(C(=O)C(C)(C)C1(C)N=N1)C(C)(C)C(=O)O. The van der Waals surface area contributed by atoms with Gasteiger partial charge in [-0.1, -0.05) is 6.92 Å². The highest BCUT2D eigenvalue weighted by molar-refractivity contribution is 5.92. The molecule has 1 rings (SSSR count). The lowest BCUT2D eigenvalue weighted by atomic mass is 9.67. The summed E-state index contributed by atoms with van der Waals surface area (Å²) in [5.74, 6) is -1.67. The Morgan fingerprint density at radius 1 is 1.18 bits per heavy atom. The Morgan fingerprint density at radius 3 is 1.88 bits per heavy atom. The number of nitrogens with zero attached hydrogens (tertiary/aromatic N) is 2. The average Bonchev–Trinajstić information content (AvgIpc) is 2.95. The molecule has 1 N–H and O–H groups in total. The molecule has 0 fully saturated rings. The first-order valence-electron chi connectivity index (χ1n) is 5.68. The molecule has 5 heteroatoms. The predicted octanol–water partition coefficient (Wildman–Crippen LogP) is 2.51. The summed E-state index contributed by atoms with van der Waals surface area (Å²) in [6.07, 6.45) is 0. The fraction of sp³-hybridized carbons (Fsp3) is 0.833. The number of carbonyl (C=O) groups is 2. The molecule has 0 spiro atoms. The van der Waals surface area contributed by atoms with Crippen LogP contribution in [-0.2, 0) is 9.59 Å². The molecule has 96 valence electrons. The van der Waals surface area contributed by atoms with Gasteiger partial charge in [0, 0.05) is 5.92 Å². The normalized spacial score (nSPS) is 19.9. The van der Waals surface area contributed by atoms with Crippen LogP contribution in [0.15, 0.2) is 10.2 Å². The van der Waals surface area contributed by atoms with Gasteiger partial charge in [-0.15, -0.1) is 0 Å². The fourth-order valence-electron chi connectivity index (χ4n) is 1.61. The first-order valence-corrected chi connectivity index (χ1v) is 5.68. The molecule has 0 saturated heterocycles. The molecule has 0 bridgehead atoms. The molecule has 0 amide bonds. The van der Waals surface area contributed by atoms with Gasteiger partial charge in [0.15, 0.2) is 5.66 Å². The predicted molar refractivity (Wildman–Crippen MR) is 62.6 cm³/mol. The van der Waals surface area contributed by atoms with Crippen LogP contribution in [0.1, 0.15) is 41.5 Å². The van der Waals surface area contributed by atoms with E-state index in [0.29, 0.717) is 0 Å². The van der Waals surface area contributed by atoms with Gasteiger partial charge in [-0.2, -0.15) is 10.2 Å². The molecule has 0 radical (unpaired) electrons. The lowest BCUT2D eigenvalue weighted by molar-refractivity contribution is -0.155. The quantitative estimate of drug-likeness (QED) is 0.801. The van der Waals surface area contributed by atoms with Crippen molar-refractivity contribution in [1.82, 2.24) is 0 Å². The van der Waals surface area contributed by atoms with Gasteiger partial charge in [0.25, 0.3) is 0 Å². The Balaban J connectivity index is 2.95. The maximum Gasteiger partial charge on any atom is 0.309 e. The van der Waals surface area contributed by atoms with E-state index in [0.717, 1.165) is 0 Å². The van der Waals surface area contributed by atoms with E-state index in [2.05, 4.69) is 10.2 Å². The minimum Gasteiger partial charge on any atom is -0.481 e. The summed E-state index contributed by atoms with van der Waals surface area (Å²) in [4.78, 5) is 23.6. The zero-order chi connectivity index (χ0) is 13.6. The van der Waals surface area contributed by atoms with Gasteiger partial charge < -0.3 is 5.11 Å². The second-order valence-electron chi connectivity index (χ2n) is 5.96. The summed E-state index contributed by atoms with van der Waals surface area (Å²) in [5, 5.41) is 16.9. The molecule has 0 aromatic heterocycles. The third-order valence-electron chi connectivity index (χ3n) is 4.23. The summed E-state index contributed by atoms with van der Waals surface area (Å²) in [6, 6.07) is 0. The zero-order valence-electron chi connectivity index (χ0n) is 11.2. The highest BCUT2D eigenvalue weighted by Crippen LogP contribution is 2.48. The van der Waals surface area contributed by atoms with Crippen molar-refractivity contribution in [1.29, 1.82) is 0 Å². The van der Waals surface area contributed by atoms with Gasteiger partial charge in [0.2, 0.25) is 0 Å². The van der Waals surface area contributed by atoms with Crippen molar-refractivity contribution < 1.29 is 14.7 Å². The summed E-state index contributed by atoms with van der Waals surface area (Å²) in [6.45, 7) is 10.1. The molecule has 0 aromatic carbocycles. The van der Waals surface area contributed by atoms with E-state index >= 15 is 0 Å². The van der Waals surface area contributed by atoms with E-state index in [1.807, 2.05) is 0 Å². The molecule has 17 heavy (non-hydrogen) atoms. The molecule has 1 atom stereocenters. The molecule has 1 aliphatic heterocycles. The van der Waals surface area contributed by atoms with Crippen LogP contribution in [0, 0.1) is 16.7 Å². The van der Waals surface area contributed by atoms with Crippen LogP contribution in [0.4, 0.5) is 0 Å². The Bertz CT molecular complexity index is 391. The summed E-state index contributed by atoms with van der Waals surface area (Å²) in [7, 11) is 0. The van der Waals surface area contributed by atoms with Gasteiger partial charge in [0.1, 0.15) is 5.78 Å². The molecule has 5 nitrogen and oxygen atoms in total. The average molecular weight is 240 g/mol. The van der Waals surface area contributed by atoms with Crippen molar-refractivity contribution in [2.45, 2.75) is 47.2 Å². The van der Waals surface area contributed by atoms with E-state index in [1.54, 1.807) is 41.5 Å². The monoisotopic (exact) mass is 240 g/mol. The second-order valence-corrected chi connectivity index (χ2v) is 5.96. The van der Waals surface area contributed by atoms with Crippen LogP contribution in [-0.4, -0.2) is 22.5 Å². The molecule has 0 saturated carbocycles. The van der Waals surface area contributed by atoms with Gasteiger partial charge in [-0.25, -0.2) is 0 Å². The van der Waals surface area contributed by atoms with E-state index in [4.69, 9.17) is 5.11 Å². The minimum absolute atomic E-state index is 0.114. The number of carbonyl (C=O) groups excluding carboxylic acids is 1. The number of carboxylic acids is 1. The van der Waals surface area contributed by atoms with E-state index in [1.165, 1.54) is 0 Å². The number of rotatable bonds is 5. The summed E-state index contributed by atoms with van der Waals surface area (Å²) in [5.41, 5.74) is -2.54. The van der Waals surface area contributed by atoms with Crippen LogP contribution in [0.5, 0.6) is 0 Å². The largest absolute Gasteiger partial charge is 0.481 e. The minimum atomic E-state index is -1.08. The van der Waals surface area contributed by atoms with E-state index < -0.39 is 28.4 Å². The van der Waals surface area contributed by atoms with Crippen LogP contribution in [0.3, 0.4) is 0 Å². The van der Waals surface area contributed by atoms with Gasteiger partial charge in [-0.3, -0.25) is 9.59 Å². The van der Waals surface area contributed by atoms with Crippen LogP contribution in [0.2, 0.25) is 0 Å². The molecule has 0 aromatic rings. The van der Waals surface area contributed by atoms with Gasteiger partial charge in [-0.05, 0) is 34.6 Å². The highest BCUT2D eigenvalue weighted by Gasteiger charge is 2.57. The third-order valence-corrected chi connectivity index (χ3v) is 4.23. The Morgan fingerprint density at radius 2 is 1.59 bits per heavy atom. The second kappa shape index (κ2) is 3.62. The van der Waals surface area contributed by atoms with Crippen molar-refractivity contribution in [2.75, 3.05) is 0 Å². The zero-order valence-corrected chi connectivity index (χ0v) is 11.2. The first-order chi connectivity index (χ1) is 7.47. The maximum atomic E-state index is 12.4. The maximum absolute atomic E-state index is 12.4. The number of hydrogen-bond acceptors (Lipinski definition) is 4. The Kier molecular flexibility index (Phi) is 2.94. The molecule has 1 unspecified atom stereocenters. The Hall–Kier alpha value is -1.26. The lowest BCUT2D eigenvalue weighted by Gasteiger charge is -2.34. The number of ketones is 1. The summed E-state index contributed by atoms with van der Waals surface area (Å²) >= 11 is 0. The number of aliphatic carboxylic acids is 1. The molecule has 0 aliphatic carbocycles. The van der Waals surface area contributed by atoms with E-state index in [-0.39, 0.29) is 5.78 Å². The fourth-order valence-corrected chi connectivity index (χ4v) is 1.61.